The number of ether oxygens (including phenoxy) is 1. The van der Waals surface area contributed by atoms with Crippen molar-refractivity contribution in [2.45, 2.75) is 37.1 Å². The summed E-state index contributed by atoms with van der Waals surface area (Å²) in [6.45, 7) is 0.315. The predicted molar refractivity (Wildman–Crippen MR) is 80.6 cm³/mol. The Morgan fingerprint density at radius 2 is 2.23 bits per heavy atom. The SMILES string of the molecule is COCCC(NC(=O)C1CC12CCc1ccccc12)C(=O)O. The van der Waals surface area contributed by atoms with Crippen LogP contribution in [0.15, 0.2) is 24.3 Å². The van der Waals surface area contributed by atoms with Crippen LogP contribution >= 0.6 is 0 Å². The lowest BCUT2D eigenvalue weighted by Crippen LogP contribution is -2.43. The standard InChI is InChI=1S/C17H21NO4/c1-22-9-7-14(16(20)21)18-15(19)13-10-17(13)8-6-11-4-2-3-5-12(11)17/h2-5,13-14H,6-10H2,1H3,(H,18,19)(H,20,21). The number of aliphatic carboxylic acids is 1. The molecule has 1 aromatic carbocycles. The third-order valence-electron chi connectivity index (χ3n) is 5.01. The number of hydrogen-bond donors (Lipinski definition) is 2. The van der Waals surface area contributed by atoms with Crippen molar-refractivity contribution in [1.82, 2.24) is 5.32 Å². The highest BCUT2D eigenvalue weighted by Crippen LogP contribution is 2.61. The summed E-state index contributed by atoms with van der Waals surface area (Å²) in [6, 6.07) is 7.39. The molecule has 0 aromatic heterocycles. The summed E-state index contributed by atoms with van der Waals surface area (Å²) in [7, 11) is 1.52. The normalized spacial score (nSPS) is 26.5. The van der Waals surface area contributed by atoms with Crippen LogP contribution in [0.2, 0.25) is 0 Å². The van der Waals surface area contributed by atoms with E-state index in [4.69, 9.17) is 4.74 Å². The Morgan fingerprint density at radius 3 is 2.95 bits per heavy atom. The van der Waals surface area contributed by atoms with Gasteiger partial charge in [-0.2, -0.15) is 0 Å². The third-order valence-corrected chi connectivity index (χ3v) is 5.01. The lowest BCUT2D eigenvalue weighted by molar-refractivity contribution is -0.142. The van der Waals surface area contributed by atoms with Crippen LogP contribution in [0.5, 0.6) is 0 Å². The highest BCUT2D eigenvalue weighted by atomic mass is 16.5. The number of benzene rings is 1. The Labute approximate surface area is 129 Å². The van der Waals surface area contributed by atoms with E-state index in [-0.39, 0.29) is 23.7 Å². The Morgan fingerprint density at radius 1 is 1.45 bits per heavy atom. The van der Waals surface area contributed by atoms with Crippen LogP contribution < -0.4 is 5.32 Å². The maximum absolute atomic E-state index is 12.4. The Bertz CT molecular complexity index is 600. The lowest BCUT2D eigenvalue weighted by Gasteiger charge is -2.16. The molecule has 0 saturated heterocycles. The predicted octanol–water partition coefficient (Wildman–Crippen LogP) is 1.50. The summed E-state index contributed by atoms with van der Waals surface area (Å²) in [5, 5.41) is 11.9. The van der Waals surface area contributed by atoms with Gasteiger partial charge in [0.25, 0.3) is 0 Å². The van der Waals surface area contributed by atoms with Crippen LogP contribution in [0.3, 0.4) is 0 Å². The van der Waals surface area contributed by atoms with E-state index in [0.717, 1.165) is 19.3 Å². The largest absolute Gasteiger partial charge is 0.480 e. The van der Waals surface area contributed by atoms with Gasteiger partial charge in [0, 0.05) is 31.5 Å². The van der Waals surface area contributed by atoms with Gasteiger partial charge < -0.3 is 15.2 Å². The van der Waals surface area contributed by atoms with Crippen LogP contribution in [0.4, 0.5) is 0 Å². The summed E-state index contributed by atoms with van der Waals surface area (Å²) in [5.74, 6) is -1.24. The minimum Gasteiger partial charge on any atom is -0.480 e. The molecule has 3 rings (SSSR count). The van der Waals surface area contributed by atoms with E-state index < -0.39 is 12.0 Å². The number of carboxylic acid groups (broad SMARTS) is 1. The molecule has 1 fully saturated rings. The summed E-state index contributed by atoms with van der Waals surface area (Å²) in [5.41, 5.74) is 2.55. The first-order chi connectivity index (χ1) is 10.6. The molecule has 1 amide bonds. The van der Waals surface area contributed by atoms with Crippen molar-refractivity contribution in [3.05, 3.63) is 35.4 Å². The zero-order valence-electron chi connectivity index (χ0n) is 12.7. The van der Waals surface area contributed by atoms with Gasteiger partial charge in [-0.3, -0.25) is 4.79 Å². The Hall–Kier alpha value is -1.88. The van der Waals surface area contributed by atoms with E-state index in [9.17, 15) is 14.7 Å². The molecule has 0 aliphatic heterocycles. The summed E-state index contributed by atoms with van der Waals surface area (Å²) in [6.07, 6.45) is 3.10. The van der Waals surface area contributed by atoms with Gasteiger partial charge in [0.2, 0.25) is 5.91 Å². The van der Waals surface area contributed by atoms with Crippen molar-refractivity contribution in [3.8, 4) is 0 Å². The first kappa shape index (κ1) is 15.0. The van der Waals surface area contributed by atoms with Crippen LogP contribution in [0.1, 0.15) is 30.4 Å². The van der Waals surface area contributed by atoms with Crippen molar-refractivity contribution in [1.29, 1.82) is 0 Å². The number of hydrogen-bond acceptors (Lipinski definition) is 3. The van der Waals surface area contributed by atoms with Crippen molar-refractivity contribution in [2.24, 2.45) is 5.92 Å². The average molecular weight is 303 g/mol. The molecule has 3 unspecified atom stereocenters. The first-order valence-corrected chi connectivity index (χ1v) is 7.69. The number of carboxylic acids is 1. The molecule has 0 heterocycles. The van der Waals surface area contributed by atoms with Gasteiger partial charge in [0.05, 0.1) is 0 Å². The fourth-order valence-electron chi connectivity index (χ4n) is 3.70. The van der Waals surface area contributed by atoms with Crippen molar-refractivity contribution >= 4 is 11.9 Å². The molecule has 0 bridgehead atoms. The van der Waals surface area contributed by atoms with E-state index in [1.54, 1.807) is 0 Å². The molecule has 1 aromatic rings. The fourth-order valence-corrected chi connectivity index (χ4v) is 3.70. The highest BCUT2D eigenvalue weighted by molar-refractivity contribution is 5.88. The van der Waals surface area contributed by atoms with E-state index in [2.05, 4.69) is 17.4 Å². The van der Waals surface area contributed by atoms with Crippen LogP contribution in [-0.2, 0) is 26.2 Å². The number of nitrogens with one attached hydrogen (secondary N) is 1. The van der Waals surface area contributed by atoms with Crippen molar-refractivity contribution in [2.75, 3.05) is 13.7 Å². The molecule has 5 heteroatoms. The highest BCUT2D eigenvalue weighted by Gasteiger charge is 2.61. The molecule has 3 atom stereocenters. The quantitative estimate of drug-likeness (QED) is 0.835. The smallest absolute Gasteiger partial charge is 0.326 e. The molecule has 1 saturated carbocycles. The van der Waals surface area contributed by atoms with Crippen molar-refractivity contribution in [3.63, 3.8) is 0 Å². The fraction of sp³-hybridized carbons (Fsp3) is 0.529. The molecule has 22 heavy (non-hydrogen) atoms. The zero-order valence-corrected chi connectivity index (χ0v) is 12.7. The second-order valence-electron chi connectivity index (χ2n) is 6.25. The summed E-state index contributed by atoms with van der Waals surface area (Å²) < 4.78 is 4.91. The van der Waals surface area contributed by atoms with Crippen LogP contribution in [0.25, 0.3) is 0 Å². The Balaban J connectivity index is 1.67. The number of carbonyl (C=O) groups excluding carboxylic acids is 1. The maximum Gasteiger partial charge on any atom is 0.326 e. The molecular formula is C17H21NO4. The number of fused-ring (bicyclic) bond motifs is 2. The average Bonchev–Trinajstić information content (AvgIpc) is 3.13. The number of methoxy groups -OCH3 is 1. The minimum absolute atomic E-state index is 0.0506. The lowest BCUT2D eigenvalue weighted by atomic mass is 9.95. The number of aryl methyl sites for hydroxylation is 1. The first-order valence-electron chi connectivity index (χ1n) is 7.69. The molecule has 2 aliphatic rings. The topological polar surface area (TPSA) is 75.6 Å². The molecule has 1 spiro atoms. The number of rotatable bonds is 6. The summed E-state index contributed by atoms with van der Waals surface area (Å²) >= 11 is 0. The summed E-state index contributed by atoms with van der Waals surface area (Å²) in [4.78, 5) is 23.7. The zero-order chi connectivity index (χ0) is 15.7. The molecule has 2 N–H and O–H groups in total. The Kier molecular flexibility index (Phi) is 3.91. The molecule has 2 aliphatic carbocycles. The van der Waals surface area contributed by atoms with E-state index >= 15 is 0 Å². The minimum atomic E-state index is -1.01. The third kappa shape index (κ3) is 2.50. The van der Waals surface area contributed by atoms with Gasteiger partial charge in [-0.15, -0.1) is 0 Å². The molecule has 5 nitrogen and oxygen atoms in total. The van der Waals surface area contributed by atoms with Crippen LogP contribution in [-0.4, -0.2) is 36.7 Å². The van der Waals surface area contributed by atoms with Gasteiger partial charge in [0.15, 0.2) is 0 Å². The number of carbonyl (C=O) groups is 2. The number of amides is 1. The van der Waals surface area contributed by atoms with Crippen LogP contribution in [0, 0.1) is 5.92 Å². The molecule has 118 valence electrons. The van der Waals surface area contributed by atoms with E-state index in [0.29, 0.717) is 6.61 Å². The van der Waals surface area contributed by atoms with E-state index in [1.807, 2.05) is 12.1 Å². The van der Waals surface area contributed by atoms with Crippen molar-refractivity contribution < 1.29 is 19.4 Å². The molecular weight excluding hydrogens is 282 g/mol. The van der Waals surface area contributed by atoms with Gasteiger partial charge in [-0.1, -0.05) is 24.3 Å². The monoisotopic (exact) mass is 303 g/mol. The second kappa shape index (κ2) is 5.72. The maximum atomic E-state index is 12.4. The second-order valence-corrected chi connectivity index (χ2v) is 6.25. The molecule has 0 radical (unpaired) electrons. The van der Waals surface area contributed by atoms with Gasteiger partial charge in [-0.25, -0.2) is 4.79 Å². The van der Waals surface area contributed by atoms with Gasteiger partial charge >= 0.3 is 5.97 Å². The van der Waals surface area contributed by atoms with Gasteiger partial charge in [0.1, 0.15) is 6.04 Å². The van der Waals surface area contributed by atoms with E-state index in [1.165, 1.54) is 18.2 Å². The van der Waals surface area contributed by atoms with Gasteiger partial charge in [-0.05, 0) is 30.4 Å².